The third kappa shape index (κ3) is 5.16. The minimum absolute atomic E-state index is 0.00115. The van der Waals surface area contributed by atoms with Crippen LogP contribution in [0.25, 0.3) is 0 Å². The topological polar surface area (TPSA) is 36.0 Å². The molecule has 0 bridgehead atoms. The molecule has 0 N–H and O–H groups in total. The van der Waals surface area contributed by atoms with Gasteiger partial charge in [0, 0.05) is 38.8 Å². The minimum atomic E-state index is -0.307. The first-order valence-electron chi connectivity index (χ1n) is 9.20. The number of benzene rings is 1. The molecule has 2 fully saturated rings. The van der Waals surface area contributed by atoms with Crippen molar-refractivity contribution in [3.8, 4) is 5.75 Å². The number of piperazine rings is 1. The lowest BCUT2D eigenvalue weighted by molar-refractivity contribution is -0.135. The molecule has 25 heavy (non-hydrogen) atoms. The number of likely N-dealkylation sites (tertiary alicyclic amines) is 1. The highest BCUT2D eigenvalue weighted by molar-refractivity contribution is 5.77. The Hall–Kier alpha value is -1.66. The number of amides is 1. The summed E-state index contributed by atoms with van der Waals surface area (Å²) >= 11 is 0. The van der Waals surface area contributed by atoms with Gasteiger partial charge in [0.05, 0.1) is 0 Å². The maximum atomic E-state index is 12.9. The van der Waals surface area contributed by atoms with Crippen LogP contribution in [0.3, 0.4) is 0 Å². The van der Waals surface area contributed by atoms with Crippen molar-refractivity contribution in [2.45, 2.75) is 25.3 Å². The Balaban J connectivity index is 1.39. The van der Waals surface area contributed by atoms with E-state index in [0.29, 0.717) is 11.8 Å². The van der Waals surface area contributed by atoms with Gasteiger partial charge in [-0.2, -0.15) is 0 Å². The highest BCUT2D eigenvalue weighted by atomic mass is 19.1. The van der Waals surface area contributed by atoms with Crippen LogP contribution in [-0.2, 0) is 4.79 Å². The van der Waals surface area contributed by atoms with Crippen molar-refractivity contribution >= 4 is 5.91 Å². The van der Waals surface area contributed by atoms with Crippen LogP contribution in [0.15, 0.2) is 24.3 Å². The number of hydrogen-bond acceptors (Lipinski definition) is 4. The van der Waals surface area contributed by atoms with Crippen LogP contribution >= 0.6 is 0 Å². The van der Waals surface area contributed by atoms with Crippen molar-refractivity contribution < 1.29 is 13.9 Å². The molecule has 0 aromatic heterocycles. The monoisotopic (exact) mass is 349 g/mol. The van der Waals surface area contributed by atoms with E-state index in [0.717, 1.165) is 32.7 Å². The van der Waals surface area contributed by atoms with E-state index >= 15 is 0 Å². The van der Waals surface area contributed by atoms with E-state index in [1.54, 1.807) is 12.1 Å². The van der Waals surface area contributed by atoms with E-state index in [4.69, 9.17) is 4.74 Å². The van der Waals surface area contributed by atoms with Gasteiger partial charge in [-0.25, -0.2) is 4.39 Å². The summed E-state index contributed by atoms with van der Waals surface area (Å²) in [6.07, 6.45) is 3.92. The number of carbonyl (C=O) groups is 1. The van der Waals surface area contributed by atoms with Gasteiger partial charge < -0.3 is 14.5 Å². The SMILES string of the molecule is CN1CCCC[C@H]1CN1CCN(C(=O)COc2ccc(F)cc2)CC1. The first kappa shape index (κ1) is 18.1. The lowest BCUT2D eigenvalue weighted by Crippen LogP contribution is -2.53. The smallest absolute Gasteiger partial charge is 0.260 e. The van der Waals surface area contributed by atoms with E-state index in [9.17, 15) is 9.18 Å². The highest BCUT2D eigenvalue weighted by Crippen LogP contribution is 2.17. The summed E-state index contributed by atoms with van der Waals surface area (Å²) in [6, 6.07) is 6.40. The first-order valence-corrected chi connectivity index (χ1v) is 9.20. The van der Waals surface area contributed by atoms with E-state index in [1.807, 2.05) is 4.90 Å². The van der Waals surface area contributed by atoms with Crippen molar-refractivity contribution in [1.82, 2.24) is 14.7 Å². The average Bonchev–Trinajstić information content (AvgIpc) is 2.63. The zero-order valence-corrected chi connectivity index (χ0v) is 15.0. The Morgan fingerprint density at radius 2 is 1.84 bits per heavy atom. The molecule has 1 aromatic rings. The van der Waals surface area contributed by atoms with Gasteiger partial charge in [-0.15, -0.1) is 0 Å². The molecule has 0 unspecified atom stereocenters. The van der Waals surface area contributed by atoms with Crippen molar-refractivity contribution in [2.75, 3.05) is 52.9 Å². The van der Waals surface area contributed by atoms with Gasteiger partial charge in [-0.1, -0.05) is 6.42 Å². The molecule has 2 aliphatic rings. The second kappa shape index (κ2) is 8.63. The fourth-order valence-electron chi connectivity index (χ4n) is 3.62. The maximum Gasteiger partial charge on any atom is 0.260 e. The number of nitrogens with zero attached hydrogens (tertiary/aromatic N) is 3. The summed E-state index contributed by atoms with van der Waals surface area (Å²) < 4.78 is 18.3. The Morgan fingerprint density at radius 3 is 2.52 bits per heavy atom. The zero-order chi connectivity index (χ0) is 17.6. The van der Waals surface area contributed by atoms with Gasteiger partial charge in [0.25, 0.3) is 5.91 Å². The molecule has 0 spiro atoms. The molecule has 0 aliphatic carbocycles. The van der Waals surface area contributed by atoms with Gasteiger partial charge in [0.15, 0.2) is 6.61 Å². The molecule has 3 rings (SSSR count). The maximum absolute atomic E-state index is 12.9. The quantitative estimate of drug-likeness (QED) is 0.813. The molecule has 0 saturated carbocycles. The van der Waals surface area contributed by atoms with E-state index < -0.39 is 0 Å². The van der Waals surface area contributed by atoms with Gasteiger partial charge in [0.2, 0.25) is 0 Å². The van der Waals surface area contributed by atoms with Crippen molar-refractivity contribution in [1.29, 1.82) is 0 Å². The van der Waals surface area contributed by atoms with E-state index in [1.165, 1.54) is 37.9 Å². The Morgan fingerprint density at radius 1 is 1.12 bits per heavy atom. The second-order valence-electron chi connectivity index (χ2n) is 7.05. The average molecular weight is 349 g/mol. The largest absolute Gasteiger partial charge is 0.484 e. The number of halogens is 1. The third-order valence-electron chi connectivity index (χ3n) is 5.29. The van der Waals surface area contributed by atoms with Gasteiger partial charge in [-0.05, 0) is 50.7 Å². The van der Waals surface area contributed by atoms with Crippen molar-refractivity contribution in [3.05, 3.63) is 30.1 Å². The molecule has 0 radical (unpaired) electrons. The number of piperidine rings is 1. The fourth-order valence-corrected chi connectivity index (χ4v) is 3.62. The molecule has 1 amide bonds. The molecule has 1 aromatic carbocycles. The fraction of sp³-hybridized carbons (Fsp3) is 0.632. The first-order chi connectivity index (χ1) is 12.1. The van der Waals surface area contributed by atoms with Crippen LogP contribution in [0.1, 0.15) is 19.3 Å². The molecule has 138 valence electrons. The van der Waals surface area contributed by atoms with Gasteiger partial charge >= 0.3 is 0 Å². The van der Waals surface area contributed by atoms with Crippen LogP contribution in [0.2, 0.25) is 0 Å². The summed E-state index contributed by atoms with van der Waals surface area (Å²) in [4.78, 5) is 19.1. The molecule has 2 heterocycles. The highest BCUT2D eigenvalue weighted by Gasteiger charge is 2.25. The third-order valence-corrected chi connectivity index (χ3v) is 5.29. The van der Waals surface area contributed by atoms with Crippen LogP contribution in [0, 0.1) is 5.82 Å². The summed E-state index contributed by atoms with van der Waals surface area (Å²) in [5.74, 6) is 0.214. The Labute approximate surface area is 149 Å². The van der Waals surface area contributed by atoms with Crippen molar-refractivity contribution in [2.24, 2.45) is 0 Å². The van der Waals surface area contributed by atoms with E-state index in [2.05, 4.69) is 16.8 Å². The normalized spacial score (nSPS) is 22.8. The molecule has 2 saturated heterocycles. The second-order valence-corrected chi connectivity index (χ2v) is 7.05. The number of rotatable bonds is 5. The van der Waals surface area contributed by atoms with Gasteiger partial charge in [-0.3, -0.25) is 9.69 Å². The van der Waals surface area contributed by atoms with Gasteiger partial charge in [0.1, 0.15) is 11.6 Å². The molecule has 5 nitrogen and oxygen atoms in total. The number of likely N-dealkylation sites (N-methyl/N-ethyl adjacent to an activating group) is 1. The standard InChI is InChI=1S/C19H28FN3O2/c1-21-9-3-2-4-17(21)14-22-10-12-23(13-11-22)19(24)15-25-18-7-5-16(20)6-8-18/h5-8,17H,2-4,9-15H2,1H3/t17-/m0/s1. The minimum Gasteiger partial charge on any atom is -0.484 e. The molecular weight excluding hydrogens is 321 g/mol. The predicted octanol–water partition coefficient (Wildman–Crippen LogP) is 1.83. The zero-order valence-electron chi connectivity index (χ0n) is 15.0. The van der Waals surface area contributed by atoms with Crippen LogP contribution in [-0.4, -0.2) is 79.6 Å². The lowest BCUT2D eigenvalue weighted by Gasteiger charge is -2.40. The Bertz CT molecular complexity index is 558. The number of hydrogen-bond donors (Lipinski definition) is 0. The van der Waals surface area contributed by atoms with E-state index in [-0.39, 0.29) is 18.3 Å². The lowest BCUT2D eigenvalue weighted by atomic mass is 10.0. The van der Waals surface area contributed by atoms with Crippen LogP contribution in [0.5, 0.6) is 5.75 Å². The molecular formula is C19H28FN3O2. The van der Waals surface area contributed by atoms with Crippen molar-refractivity contribution in [3.63, 3.8) is 0 Å². The summed E-state index contributed by atoms with van der Waals surface area (Å²) in [6.45, 7) is 5.66. The number of carbonyl (C=O) groups excluding carboxylic acids is 1. The summed E-state index contributed by atoms with van der Waals surface area (Å²) in [5, 5.41) is 0. The summed E-state index contributed by atoms with van der Waals surface area (Å²) in [7, 11) is 2.22. The Kier molecular flexibility index (Phi) is 6.26. The summed E-state index contributed by atoms with van der Waals surface area (Å²) in [5.41, 5.74) is 0. The molecule has 6 heteroatoms. The van der Waals surface area contributed by atoms with Crippen LogP contribution in [0.4, 0.5) is 4.39 Å². The molecule has 1 atom stereocenters. The molecule has 2 aliphatic heterocycles. The predicted molar refractivity (Wildman–Crippen MR) is 95.2 cm³/mol. The number of ether oxygens (including phenoxy) is 1. The van der Waals surface area contributed by atoms with Crippen LogP contribution < -0.4 is 4.74 Å².